The molecule has 1 rings (SSSR count). The molecule has 0 heterocycles. The fourth-order valence-electron chi connectivity index (χ4n) is 2.40. The molecule has 1 aliphatic rings. The number of hydrogen-bond donors (Lipinski definition) is 0. The molecular formula is C12H17NO2. The smallest absolute Gasteiger partial charge is 0.348 e. The van der Waals surface area contributed by atoms with E-state index in [0.29, 0.717) is 5.92 Å². The molecule has 1 aliphatic carbocycles. The van der Waals surface area contributed by atoms with E-state index in [2.05, 4.69) is 25.5 Å². The van der Waals surface area contributed by atoms with Crippen LogP contribution in [0.2, 0.25) is 0 Å². The summed E-state index contributed by atoms with van der Waals surface area (Å²) in [6.45, 7) is 6.37. The number of carbonyl (C=O) groups excluding carboxylic acids is 1. The van der Waals surface area contributed by atoms with Gasteiger partial charge in [-0.1, -0.05) is 20.8 Å². The van der Waals surface area contributed by atoms with Gasteiger partial charge in [0.25, 0.3) is 0 Å². The summed E-state index contributed by atoms with van der Waals surface area (Å²) in [6, 6.07) is 1.97. The average molecular weight is 207 g/mol. The van der Waals surface area contributed by atoms with E-state index in [9.17, 15) is 4.79 Å². The van der Waals surface area contributed by atoms with Gasteiger partial charge in [-0.15, -0.1) is 0 Å². The molecule has 1 unspecified atom stereocenters. The summed E-state index contributed by atoms with van der Waals surface area (Å²) >= 11 is 0. The van der Waals surface area contributed by atoms with Gasteiger partial charge in [-0.25, -0.2) is 4.79 Å². The van der Waals surface area contributed by atoms with Crippen molar-refractivity contribution >= 4 is 5.97 Å². The fourth-order valence-corrected chi connectivity index (χ4v) is 2.40. The fraction of sp³-hybridized carbons (Fsp3) is 0.667. The number of allylic oxidation sites excluding steroid dienone is 1. The second-order valence-corrected chi connectivity index (χ2v) is 4.95. The zero-order chi connectivity index (χ0) is 11.6. The van der Waals surface area contributed by atoms with Crippen LogP contribution in [0.15, 0.2) is 11.1 Å². The zero-order valence-electron chi connectivity index (χ0n) is 9.76. The normalized spacial score (nSPS) is 27.0. The van der Waals surface area contributed by atoms with E-state index < -0.39 is 5.97 Å². The van der Waals surface area contributed by atoms with Gasteiger partial charge in [-0.3, -0.25) is 0 Å². The van der Waals surface area contributed by atoms with E-state index in [1.165, 1.54) is 7.11 Å². The number of nitriles is 1. The molecule has 0 saturated heterocycles. The number of hydrogen-bond acceptors (Lipinski definition) is 3. The maximum atomic E-state index is 11.4. The molecule has 3 heteroatoms. The first-order chi connectivity index (χ1) is 6.91. The first-order valence-corrected chi connectivity index (χ1v) is 5.13. The Morgan fingerprint density at radius 2 is 2.20 bits per heavy atom. The second-order valence-electron chi connectivity index (χ2n) is 4.95. The lowest BCUT2D eigenvalue weighted by Crippen LogP contribution is -2.08. The summed E-state index contributed by atoms with van der Waals surface area (Å²) in [4.78, 5) is 11.4. The van der Waals surface area contributed by atoms with Crippen LogP contribution in [-0.4, -0.2) is 13.1 Å². The Labute approximate surface area is 90.7 Å². The van der Waals surface area contributed by atoms with Crippen LogP contribution in [0.3, 0.4) is 0 Å². The molecule has 15 heavy (non-hydrogen) atoms. The van der Waals surface area contributed by atoms with Gasteiger partial charge in [-0.2, -0.15) is 5.26 Å². The summed E-state index contributed by atoms with van der Waals surface area (Å²) in [6.07, 6.45) is 1.83. The van der Waals surface area contributed by atoms with Crippen molar-refractivity contribution in [1.29, 1.82) is 5.26 Å². The van der Waals surface area contributed by atoms with Gasteiger partial charge in [0, 0.05) is 0 Å². The molecule has 1 atom stereocenters. The predicted molar refractivity (Wildman–Crippen MR) is 56.8 cm³/mol. The Bertz CT molecular complexity index is 347. The summed E-state index contributed by atoms with van der Waals surface area (Å²) in [5.74, 6) is -0.203. The Hall–Kier alpha value is -1.30. The van der Waals surface area contributed by atoms with Crippen molar-refractivity contribution in [2.24, 2.45) is 11.3 Å². The highest BCUT2D eigenvalue weighted by Gasteiger charge is 2.35. The van der Waals surface area contributed by atoms with E-state index >= 15 is 0 Å². The molecule has 1 saturated carbocycles. The van der Waals surface area contributed by atoms with Crippen LogP contribution in [0.4, 0.5) is 0 Å². The average Bonchev–Trinajstić information content (AvgIpc) is 2.41. The van der Waals surface area contributed by atoms with Crippen LogP contribution in [0.5, 0.6) is 0 Å². The third-order valence-corrected chi connectivity index (χ3v) is 2.95. The van der Waals surface area contributed by atoms with Crippen molar-refractivity contribution in [3.05, 3.63) is 11.1 Å². The maximum Gasteiger partial charge on any atom is 0.348 e. The Morgan fingerprint density at radius 1 is 1.60 bits per heavy atom. The number of methoxy groups -OCH3 is 1. The van der Waals surface area contributed by atoms with E-state index in [4.69, 9.17) is 5.26 Å². The number of esters is 1. The molecule has 0 spiro atoms. The van der Waals surface area contributed by atoms with Crippen LogP contribution in [0.25, 0.3) is 0 Å². The van der Waals surface area contributed by atoms with E-state index in [1.807, 2.05) is 6.07 Å². The number of ether oxygens (including phenoxy) is 1. The van der Waals surface area contributed by atoms with E-state index in [1.54, 1.807) is 0 Å². The lowest BCUT2D eigenvalue weighted by atomic mass is 9.91. The second kappa shape index (κ2) is 4.06. The minimum absolute atomic E-state index is 0.185. The van der Waals surface area contributed by atoms with Crippen molar-refractivity contribution in [2.45, 2.75) is 33.6 Å². The van der Waals surface area contributed by atoms with Crippen LogP contribution in [0, 0.1) is 22.7 Å². The Morgan fingerprint density at radius 3 is 2.53 bits per heavy atom. The highest BCUT2D eigenvalue weighted by atomic mass is 16.5. The van der Waals surface area contributed by atoms with Crippen LogP contribution in [0.1, 0.15) is 33.6 Å². The number of carbonyl (C=O) groups is 1. The van der Waals surface area contributed by atoms with Crippen molar-refractivity contribution < 1.29 is 9.53 Å². The quantitative estimate of drug-likeness (QED) is 0.377. The summed E-state index contributed by atoms with van der Waals surface area (Å²) in [5.41, 5.74) is 1.34. The molecular weight excluding hydrogens is 190 g/mol. The summed E-state index contributed by atoms with van der Waals surface area (Å²) in [7, 11) is 1.31. The molecule has 3 nitrogen and oxygen atoms in total. The molecule has 0 aromatic heterocycles. The molecule has 0 aromatic carbocycles. The number of nitrogens with zero attached hydrogens (tertiary/aromatic N) is 1. The van der Waals surface area contributed by atoms with Crippen molar-refractivity contribution in [1.82, 2.24) is 0 Å². The molecule has 0 bridgehead atoms. The van der Waals surface area contributed by atoms with Crippen molar-refractivity contribution in [2.75, 3.05) is 7.11 Å². The predicted octanol–water partition coefficient (Wildman–Crippen LogP) is 2.44. The van der Waals surface area contributed by atoms with Gasteiger partial charge in [-0.05, 0) is 29.7 Å². The zero-order valence-corrected chi connectivity index (χ0v) is 9.76. The van der Waals surface area contributed by atoms with Crippen molar-refractivity contribution in [3.8, 4) is 6.07 Å². The highest BCUT2D eigenvalue weighted by molar-refractivity contribution is 5.93. The summed E-state index contributed by atoms with van der Waals surface area (Å²) < 4.78 is 4.61. The lowest BCUT2D eigenvalue weighted by Gasteiger charge is -2.14. The van der Waals surface area contributed by atoms with Gasteiger partial charge >= 0.3 is 5.97 Å². The largest absolute Gasteiger partial charge is 0.465 e. The standard InChI is InChI=1S/C12H17NO2/c1-8-5-12(2,3)6-9(8)10(7-13)11(14)15-4/h8H,5-6H2,1-4H3/b10-9-. The van der Waals surface area contributed by atoms with E-state index in [-0.39, 0.29) is 11.0 Å². The molecule has 0 radical (unpaired) electrons. The van der Waals surface area contributed by atoms with Crippen LogP contribution < -0.4 is 0 Å². The lowest BCUT2D eigenvalue weighted by molar-refractivity contribution is -0.135. The van der Waals surface area contributed by atoms with E-state index in [0.717, 1.165) is 18.4 Å². The molecule has 82 valence electrons. The monoisotopic (exact) mass is 207 g/mol. The first kappa shape index (κ1) is 11.8. The van der Waals surface area contributed by atoms with Gasteiger partial charge in [0.05, 0.1) is 7.11 Å². The first-order valence-electron chi connectivity index (χ1n) is 5.13. The Kier molecular flexibility index (Phi) is 3.18. The Balaban J connectivity index is 3.09. The summed E-state index contributed by atoms with van der Waals surface area (Å²) in [5, 5.41) is 8.97. The van der Waals surface area contributed by atoms with Gasteiger partial charge in [0.15, 0.2) is 0 Å². The molecule has 1 fully saturated rings. The SMILES string of the molecule is COC(=O)/C(C#N)=C1/CC(C)(C)CC1C. The third kappa shape index (κ3) is 2.38. The molecule has 0 N–H and O–H groups in total. The van der Waals surface area contributed by atoms with Crippen LogP contribution in [-0.2, 0) is 9.53 Å². The van der Waals surface area contributed by atoms with Crippen LogP contribution >= 0.6 is 0 Å². The van der Waals surface area contributed by atoms with Crippen molar-refractivity contribution in [3.63, 3.8) is 0 Å². The topological polar surface area (TPSA) is 50.1 Å². The molecule has 0 amide bonds. The van der Waals surface area contributed by atoms with Gasteiger partial charge in [0.2, 0.25) is 0 Å². The maximum absolute atomic E-state index is 11.4. The third-order valence-electron chi connectivity index (χ3n) is 2.95. The molecule has 0 aromatic rings. The minimum atomic E-state index is -0.503. The minimum Gasteiger partial charge on any atom is -0.465 e. The van der Waals surface area contributed by atoms with Gasteiger partial charge < -0.3 is 4.74 Å². The van der Waals surface area contributed by atoms with Gasteiger partial charge in [0.1, 0.15) is 11.6 Å². The number of rotatable bonds is 1. The molecule has 0 aliphatic heterocycles. The highest BCUT2D eigenvalue weighted by Crippen LogP contribution is 2.45.